The molecule has 4 heteroatoms. The molecule has 2 heterocycles. The summed E-state index contributed by atoms with van der Waals surface area (Å²) in [5, 5.41) is 0. The molecule has 1 aromatic heterocycles. The first-order valence-corrected chi connectivity index (χ1v) is 9.36. The third kappa shape index (κ3) is 3.26. The monoisotopic (exact) mass is 324 g/mol. The molecule has 0 unspecified atom stereocenters. The van der Waals surface area contributed by atoms with Gasteiger partial charge in [-0.15, -0.1) is 0 Å². The van der Waals surface area contributed by atoms with Crippen molar-refractivity contribution in [2.45, 2.75) is 38.8 Å². The first kappa shape index (κ1) is 15.9. The maximum Gasteiger partial charge on any atom is 0.108 e. The summed E-state index contributed by atoms with van der Waals surface area (Å²) in [5.74, 6) is 1.21. The molecule has 1 aliphatic heterocycles. The third-order valence-corrected chi connectivity index (χ3v) is 5.73. The molecule has 0 amide bonds. The predicted molar refractivity (Wildman–Crippen MR) is 97.3 cm³/mol. The van der Waals surface area contributed by atoms with Crippen LogP contribution in [0.15, 0.2) is 36.7 Å². The van der Waals surface area contributed by atoms with E-state index in [1.165, 1.54) is 44.8 Å². The fourth-order valence-corrected chi connectivity index (χ4v) is 4.25. The first-order valence-electron chi connectivity index (χ1n) is 9.36. The number of hydrogen-bond donors (Lipinski definition) is 0. The molecule has 0 radical (unpaired) electrons. The van der Waals surface area contributed by atoms with E-state index in [1.807, 2.05) is 6.20 Å². The molecule has 4 nitrogen and oxygen atoms in total. The largest absolute Gasteiger partial charge is 0.334 e. The Hall–Kier alpha value is -1.65. The number of aryl methyl sites for hydroxylation is 1. The summed E-state index contributed by atoms with van der Waals surface area (Å²) in [5.41, 5.74) is 3.13. The smallest absolute Gasteiger partial charge is 0.108 e. The average Bonchev–Trinajstić information content (AvgIpc) is 3.26. The molecule has 0 spiro atoms. The van der Waals surface area contributed by atoms with Crippen LogP contribution in [0.3, 0.4) is 0 Å². The van der Waals surface area contributed by atoms with Crippen LogP contribution in [-0.2, 0) is 25.8 Å². The summed E-state index contributed by atoms with van der Waals surface area (Å²) in [6, 6.07) is 9.70. The van der Waals surface area contributed by atoms with Gasteiger partial charge in [0.05, 0.1) is 0 Å². The van der Waals surface area contributed by atoms with Crippen molar-refractivity contribution in [1.29, 1.82) is 0 Å². The van der Waals surface area contributed by atoms with Crippen LogP contribution in [0.5, 0.6) is 0 Å². The molecular formula is C20H28N4. The van der Waals surface area contributed by atoms with Gasteiger partial charge in [0, 0.05) is 64.1 Å². The SMILES string of the molecule is CCc1nccn1CCN1CCN(C2Cc3ccccc3C2)CC1. The lowest BCUT2D eigenvalue weighted by Gasteiger charge is -2.38. The van der Waals surface area contributed by atoms with Gasteiger partial charge in [0.15, 0.2) is 0 Å². The number of hydrogen-bond acceptors (Lipinski definition) is 3. The number of fused-ring (bicyclic) bond motifs is 1. The van der Waals surface area contributed by atoms with Gasteiger partial charge in [-0.25, -0.2) is 4.98 Å². The summed E-state index contributed by atoms with van der Waals surface area (Å²) in [6.07, 6.45) is 7.54. The molecule has 0 saturated carbocycles. The maximum absolute atomic E-state index is 4.42. The zero-order chi connectivity index (χ0) is 16.4. The third-order valence-electron chi connectivity index (χ3n) is 5.73. The van der Waals surface area contributed by atoms with E-state index in [2.05, 4.69) is 56.7 Å². The van der Waals surface area contributed by atoms with E-state index in [-0.39, 0.29) is 0 Å². The topological polar surface area (TPSA) is 24.3 Å². The van der Waals surface area contributed by atoms with Crippen LogP contribution in [0, 0.1) is 0 Å². The van der Waals surface area contributed by atoms with Crippen molar-refractivity contribution in [1.82, 2.24) is 19.4 Å². The normalized spacial score (nSPS) is 19.7. The Morgan fingerprint density at radius 3 is 2.38 bits per heavy atom. The number of piperazine rings is 1. The van der Waals surface area contributed by atoms with Crippen LogP contribution >= 0.6 is 0 Å². The van der Waals surface area contributed by atoms with Crippen LogP contribution < -0.4 is 0 Å². The number of benzene rings is 1. The van der Waals surface area contributed by atoms with E-state index in [9.17, 15) is 0 Å². The van der Waals surface area contributed by atoms with Gasteiger partial charge < -0.3 is 4.57 Å². The molecule has 0 bridgehead atoms. The minimum atomic E-state index is 0.727. The first-order chi connectivity index (χ1) is 11.8. The molecule has 24 heavy (non-hydrogen) atoms. The molecule has 1 aromatic carbocycles. The second-order valence-electron chi connectivity index (χ2n) is 7.10. The second kappa shape index (κ2) is 7.08. The molecular weight excluding hydrogens is 296 g/mol. The highest BCUT2D eigenvalue weighted by Crippen LogP contribution is 2.26. The minimum Gasteiger partial charge on any atom is -0.334 e. The van der Waals surface area contributed by atoms with E-state index in [0.717, 1.165) is 25.6 Å². The molecule has 4 rings (SSSR count). The minimum absolute atomic E-state index is 0.727. The van der Waals surface area contributed by atoms with Crippen LogP contribution in [0.25, 0.3) is 0 Å². The lowest BCUT2D eigenvalue weighted by molar-refractivity contribution is 0.0968. The van der Waals surface area contributed by atoms with Crippen molar-refractivity contribution in [2.75, 3.05) is 32.7 Å². The highest BCUT2D eigenvalue weighted by atomic mass is 15.3. The van der Waals surface area contributed by atoms with E-state index in [4.69, 9.17) is 0 Å². The van der Waals surface area contributed by atoms with Gasteiger partial charge in [-0.05, 0) is 24.0 Å². The quantitative estimate of drug-likeness (QED) is 0.843. The zero-order valence-corrected chi connectivity index (χ0v) is 14.7. The Kier molecular flexibility index (Phi) is 4.67. The van der Waals surface area contributed by atoms with Crippen molar-refractivity contribution >= 4 is 0 Å². The highest BCUT2D eigenvalue weighted by molar-refractivity contribution is 5.33. The molecule has 128 valence electrons. The lowest BCUT2D eigenvalue weighted by atomic mass is 10.1. The lowest BCUT2D eigenvalue weighted by Crippen LogP contribution is -2.51. The summed E-state index contributed by atoms with van der Waals surface area (Å²) < 4.78 is 2.31. The van der Waals surface area contributed by atoms with Crippen LogP contribution in [0.2, 0.25) is 0 Å². The highest BCUT2D eigenvalue weighted by Gasteiger charge is 2.28. The van der Waals surface area contributed by atoms with E-state index in [0.29, 0.717) is 0 Å². The molecule has 0 atom stereocenters. The number of aromatic nitrogens is 2. The Bertz CT molecular complexity index is 645. The maximum atomic E-state index is 4.42. The van der Waals surface area contributed by atoms with Gasteiger partial charge in [-0.3, -0.25) is 9.80 Å². The second-order valence-corrected chi connectivity index (χ2v) is 7.10. The Labute approximate surface area is 145 Å². The van der Waals surface area contributed by atoms with E-state index >= 15 is 0 Å². The number of rotatable bonds is 5. The van der Waals surface area contributed by atoms with Gasteiger partial charge in [0.25, 0.3) is 0 Å². The van der Waals surface area contributed by atoms with Crippen molar-refractivity contribution < 1.29 is 0 Å². The predicted octanol–water partition coefficient (Wildman–Crippen LogP) is 2.23. The fraction of sp³-hybridized carbons (Fsp3) is 0.550. The molecule has 1 fully saturated rings. The molecule has 1 aliphatic carbocycles. The standard InChI is InChI=1S/C20H28N4/c1-2-20-21-7-8-24(20)14-11-22-9-12-23(13-10-22)19-15-17-5-3-4-6-18(17)16-19/h3-8,19H,2,9-16H2,1H3. The molecule has 2 aromatic rings. The Morgan fingerprint density at radius 2 is 1.71 bits per heavy atom. The van der Waals surface area contributed by atoms with Crippen molar-refractivity contribution in [3.05, 3.63) is 53.6 Å². The molecule has 1 saturated heterocycles. The van der Waals surface area contributed by atoms with Crippen molar-refractivity contribution in [3.8, 4) is 0 Å². The van der Waals surface area contributed by atoms with Gasteiger partial charge in [0.1, 0.15) is 5.82 Å². The summed E-state index contributed by atoms with van der Waals surface area (Å²) in [4.78, 5) is 9.74. The summed E-state index contributed by atoms with van der Waals surface area (Å²) >= 11 is 0. The van der Waals surface area contributed by atoms with Crippen LogP contribution in [0.4, 0.5) is 0 Å². The van der Waals surface area contributed by atoms with Crippen LogP contribution in [-0.4, -0.2) is 58.1 Å². The van der Waals surface area contributed by atoms with E-state index < -0.39 is 0 Å². The Morgan fingerprint density at radius 1 is 1.00 bits per heavy atom. The number of nitrogens with zero attached hydrogens (tertiary/aromatic N) is 4. The Balaban J connectivity index is 1.26. The van der Waals surface area contributed by atoms with Crippen molar-refractivity contribution in [2.24, 2.45) is 0 Å². The van der Waals surface area contributed by atoms with Crippen LogP contribution in [0.1, 0.15) is 23.9 Å². The van der Waals surface area contributed by atoms with Crippen molar-refractivity contribution in [3.63, 3.8) is 0 Å². The summed E-state index contributed by atoms with van der Waals surface area (Å²) in [6.45, 7) is 9.20. The summed E-state index contributed by atoms with van der Waals surface area (Å²) in [7, 11) is 0. The van der Waals surface area contributed by atoms with Gasteiger partial charge in [-0.2, -0.15) is 0 Å². The molecule has 0 N–H and O–H groups in total. The van der Waals surface area contributed by atoms with E-state index in [1.54, 1.807) is 11.1 Å². The molecule has 2 aliphatic rings. The van der Waals surface area contributed by atoms with Gasteiger partial charge in [-0.1, -0.05) is 31.2 Å². The number of imidazole rings is 1. The fourth-order valence-electron chi connectivity index (χ4n) is 4.25. The zero-order valence-electron chi connectivity index (χ0n) is 14.7. The van der Waals surface area contributed by atoms with Gasteiger partial charge >= 0.3 is 0 Å². The average molecular weight is 324 g/mol. The van der Waals surface area contributed by atoms with Gasteiger partial charge in [0.2, 0.25) is 0 Å².